The molecule has 0 bridgehead atoms. The Balaban J connectivity index is 1.86. The number of nitrogens with two attached hydrogens (primary N) is 1. The van der Waals surface area contributed by atoms with Crippen molar-refractivity contribution in [2.45, 2.75) is 6.92 Å². The van der Waals surface area contributed by atoms with Crippen molar-refractivity contribution in [1.29, 1.82) is 0 Å². The third-order valence-electron chi connectivity index (χ3n) is 3.47. The Hall–Kier alpha value is -3.07. The predicted octanol–water partition coefficient (Wildman–Crippen LogP) is 2.23. The summed E-state index contributed by atoms with van der Waals surface area (Å²) >= 11 is 1.55. The maximum absolute atomic E-state index is 5.88. The third kappa shape index (κ3) is 2.44. The molecule has 0 saturated carbocycles. The summed E-state index contributed by atoms with van der Waals surface area (Å²) in [6.07, 6.45) is 1.77. The zero-order chi connectivity index (χ0) is 16.7. The average Bonchev–Trinajstić information content (AvgIpc) is 3.19. The minimum absolute atomic E-state index is 0.172. The second-order valence-corrected chi connectivity index (χ2v) is 6.30. The van der Waals surface area contributed by atoms with E-state index >= 15 is 0 Å². The highest BCUT2D eigenvalue weighted by atomic mass is 32.1. The largest absolute Gasteiger partial charge is 0.497 e. The van der Waals surface area contributed by atoms with Gasteiger partial charge in [-0.3, -0.25) is 0 Å². The van der Waals surface area contributed by atoms with Crippen LogP contribution in [0.2, 0.25) is 0 Å². The molecule has 8 nitrogen and oxygen atoms in total. The molecule has 9 heteroatoms. The number of thiazole rings is 1. The van der Waals surface area contributed by atoms with E-state index in [0.29, 0.717) is 17.0 Å². The number of rotatable bonds is 3. The molecule has 3 heterocycles. The first kappa shape index (κ1) is 14.5. The van der Waals surface area contributed by atoms with Gasteiger partial charge in [0.1, 0.15) is 11.3 Å². The molecule has 4 rings (SSSR count). The van der Waals surface area contributed by atoms with Crippen molar-refractivity contribution in [3.8, 4) is 22.1 Å². The summed E-state index contributed by atoms with van der Waals surface area (Å²) in [5, 5.41) is 9.30. The molecule has 0 aliphatic carbocycles. The Morgan fingerprint density at radius 1 is 1.21 bits per heavy atom. The summed E-state index contributed by atoms with van der Waals surface area (Å²) in [4.78, 5) is 13.7. The van der Waals surface area contributed by atoms with E-state index in [4.69, 9.17) is 10.5 Å². The molecule has 0 amide bonds. The topological polar surface area (TPSA) is 105 Å². The van der Waals surface area contributed by atoms with E-state index in [0.717, 1.165) is 21.2 Å². The number of ether oxygens (including phenoxy) is 1. The molecule has 4 aromatic rings. The molecule has 0 aliphatic heterocycles. The van der Waals surface area contributed by atoms with Crippen LogP contribution in [0, 0.1) is 6.92 Å². The number of methoxy groups -OCH3 is 1. The molecule has 0 aliphatic rings. The Morgan fingerprint density at radius 3 is 2.83 bits per heavy atom. The maximum atomic E-state index is 5.88. The highest BCUT2D eigenvalue weighted by molar-refractivity contribution is 7.15. The van der Waals surface area contributed by atoms with Crippen LogP contribution in [0.15, 0.2) is 30.5 Å². The van der Waals surface area contributed by atoms with Gasteiger partial charge < -0.3 is 10.5 Å². The normalized spacial score (nSPS) is 11.1. The number of hydrogen-bond acceptors (Lipinski definition) is 8. The highest BCUT2D eigenvalue weighted by Gasteiger charge is 2.13. The standard InChI is InChI=1S/C15H13N7OS/c1-8-17-7-13(24-8)11-6-14(19-15(16)18-11)22-12-4-3-9(23-2)5-10(12)20-21-22/h3-7H,1-2H3,(H2,16,18,19). The molecule has 24 heavy (non-hydrogen) atoms. The van der Waals surface area contributed by atoms with Gasteiger partial charge in [-0.05, 0) is 19.1 Å². The van der Waals surface area contributed by atoms with Crippen LogP contribution in [0.5, 0.6) is 5.75 Å². The zero-order valence-corrected chi connectivity index (χ0v) is 13.8. The lowest BCUT2D eigenvalue weighted by Gasteiger charge is -2.05. The van der Waals surface area contributed by atoms with E-state index in [1.807, 2.05) is 31.2 Å². The molecule has 0 saturated heterocycles. The van der Waals surface area contributed by atoms with Crippen molar-refractivity contribution < 1.29 is 4.74 Å². The fraction of sp³-hybridized carbons (Fsp3) is 0.133. The van der Waals surface area contributed by atoms with E-state index in [9.17, 15) is 0 Å². The first-order chi connectivity index (χ1) is 11.6. The minimum Gasteiger partial charge on any atom is -0.497 e. The maximum Gasteiger partial charge on any atom is 0.222 e. The van der Waals surface area contributed by atoms with E-state index in [1.54, 1.807) is 29.3 Å². The monoisotopic (exact) mass is 339 g/mol. The number of nitrogen functional groups attached to an aromatic ring is 1. The first-order valence-electron chi connectivity index (χ1n) is 7.11. The van der Waals surface area contributed by atoms with Crippen LogP contribution in [0.25, 0.3) is 27.4 Å². The van der Waals surface area contributed by atoms with Crippen LogP contribution in [-0.2, 0) is 0 Å². The van der Waals surface area contributed by atoms with E-state index in [-0.39, 0.29) is 5.95 Å². The van der Waals surface area contributed by atoms with Crippen LogP contribution >= 0.6 is 11.3 Å². The number of benzene rings is 1. The Morgan fingerprint density at radius 2 is 2.08 bits per heavy atom. The van der Waals surface area contributed by atoms with Gasteiger partial charge in [0.15, 0.2) is 5.82 Å². The summed E-state index contributed by atoms with van der Waals surface area (Å²) in [5.74, 6) is 1.44. The second-order valence-electron chi connectivity index (χ2n) is 5.07. The van der Waals surface area contributed by atoms with E-state index in [2.05, 4.69) is 25.3 Å². The van der Waals surface area contributed by atoms with Gasteiger partial charge in [0.05, 0.1) is 28.2 Å². The Labute approximate surface area is 141 Å². The molecule has 3 aromatic heterocycles. The summed E-state index contributed by atoms with van der Waals surface area (Å²) in [6, 6.07) is 7.36. The van der Waals surface area contributed by atoms with Crippen molar-refractivity contribution in [1.82, 2.24) is 29.9 Å². The summed E-state index contributed by atoms with van der Waals surface area (Å²) in [7, 11) is 1.61. The lowest BCUT2D eigenvalue weighted by molar-refractivity contribution is 0.415. The minimum atomic E-state index is 0.172. The van der Waals surface area contributed by atoms with Crippen molar-refractivity contribution >= 4 is 28.3 Å². The van der Waals surface area contributed by atoms with Gasteiger partial charge in [-0.25, -0.2) is 9.97 Å². The Kier molecular flexibility index (Phi) is 3.35. The van der Waals surface area contributed by atoms with E-state index < -0.39 is 0 Å². The molecule has 0 unspecified atom stereocenters. The molecular weight excluding hydrogens is 326 g/mol. The predicted molar refractivity (Wildman–Crippen MR) is 91.3 cm³/mol. The van der Waals surface area contributed by atoms with E-state index in [1.165, 1.54) is 0 Å². The molecule has 2 N–H and O–H groups in total. The number of anilines is 1. The quantitative estimate of drug-likeness (QED) is 0.610. The van der Waals surface area contributed by atoms with Gasteiger partial charge in [-0.2, -0.15) is 9.67 Å². The lowest BCUT2D eigenvalue weighted by atomic mass is 10.3. The van der Waals surface area contributed by atoms with Gasteiger partial charge >= 0.3 is 0 Å². The van der Waals surface area contributed by atoms with Crippen LogP contribution in [0.1, 0.15) is 5.01 Å². The highest BCUT2D eigenvalue weighted by Crippen LogP contribution is 2.27. The Bertz CT molecular complexity index is 1040. The second kappa shape index (κ2) is 5.53. The van der Waals surface area contributed by atoms with Crippen molar-refractivity contribution in [2.24, 2.45) is 0 Å². The van der Waals surface area contributed by atoms with Crippen molar-refractivity contribution in [2.75, 3.05) is 12.8 Å². The van der Waals surface area contributed by atoms with Gasteiger partial charge in [-0.15, -0.1) is 16.4 Å². The first-order valence-corrected chi connectivity index (χ1v) is 7.93. The van der Waals surface area contributed by atoms with Gasteiger partial charge in [-0.1, -0.05) is 5.21 Å². The lowest BCUT2D eigenvalue weighted by Crippen LogP contribution is -2.05. The van der Waals surface area contributed by atoms with Crippen molar-refractivity contribution in [3.05, 3.63) is 35.5 Å². The van der Waals surface area contributed by atoms with Crippen LogP contribution < -0.4 is 10.5 Å². The number of hydrogen-bond donors (Lipinski definition) is 1. The molecule has 0 atom stereocenters. The SMILES string of the molecule is COc1ccc2c(c1)nnn2-c1cc(-c2cnc(C)s2)nc(N)n1. The summed E-state index contributed by atoms with van der Waals surface area (Å²) in [5.41, 5.74) is 8.10. The zero-order valence-electron chi connectivity index (χ0n) is 13.0. The summed E-state index contributed by atoms with van der Waals surface area (Å²) < 4.78 is 6.84. The number of nitrogens with zero attached hydrogens (tertiary/aromatic N) is 6. The third-order valence-corrected chi connectivity index (χ3v) is 4.41. The van der Waals surface area contributed by atoms with Crippen LogP contribution in [0.3, 0.4) is 0 Å². The van der Waals surface area contributed by atoms with Crippen LogP contribution in [-0.4, -0.2) is 37.1 Å². The molecular formula is C15H13N7OS. The molecule has 0 fully saturated rings. The number of fused-ring (bicyclic) bond motifs is 1. The molecule has 1 aromatic carbocycles. The molecule has 120 valence electrons. The van der Waals surface area contributed by atoms with Crippen LogP contribution in [0.4, 0.5) is 5.95 Å². The summed E-state index contributed by atoms with van der Waals surface area (Å²) in [6.45, 7) is 1.94. The van der Waals surface area contributed by atoms with Crippen molar-refractivity contribution in [3.63, 3.8) is 0 Å². The smallest absolute Gasteiger partial charge is 0.222 e. The fourth-order valence-corrected chi connectivity index (χ4v) is 3.11. The van der Waals surface area contributed by atoms with Gasteiger partial charge in [0, 0.05) is 18.3 Å². The fourth-order valence-electron chi connectivity index (χ4n) is 2.37. The molecule has 0 spiro atoms. The molecule has 0 radical (unpaired) electrons. The average molecular weight is 339 g/mol. The number of aryl methyl sites for hydroxylation is 1. The van der Waals surface area contributed by atoms with Gasteiger partial charge in [0.25, 0.3) is 0 Å². The van der Waals surface area contributed by atoms with Gasteiger partial charge in [0.2, 0.25) is 5.95 Å². The number of aromatic nitrogens is 6.